The second-order valence-corrected chi connectivity index (χ2v) is 12.1. The smallest absolute Gasteiger partial charge is 0.342 e. The van der Waals surface area contributed by atoms with Gasteiger partial charge in [-0.2, -0.15) is 0 Å². The topological polar surface area (TPSA) is 108 Å². The monoisotopic (exact) mass is 607 g/mol. The zero-order valence-corrected chi connectivity index (χ0v) is 24.3. The molecular weight excluding hydrogens is 579 g/mol. The lowest BCUT2D eigenvalue weighted by molar-refractivity contribution is -0.673. The number of allylic oxidation sites excluding steroid dienone is 2. The maximum Gasteiger partial charge on any atom is 0.342 e. The second kappa shape index (κ2) is 14.0. The number of aryl methyl sites for hydroxylation is 1. The van der Waals surface area contributed by atoms with Crippen LogP contribution in [0.2, 0.25) is 5.02 Å². The van der Waals surface area contributed by atoms with E-state index in [4.69, 9.17) is 43.4 Å². The molecule has 0 spiro atoms. The van der Waals surface area contributed by atoms with E-state index in [0.717, 1.165) is 69.1 Å². The highest BCUT2D eigenvalue weighted by atomic mass is 35.5. The number of aliphatic carboxylic acids is 2. The fraction of sp³-hybridized carbons (Fsp3) is 0.370. The van der Waals surface area contributed by atoms with Gasteiger partial charge in [0.2, 0.25) is 5.01 Å². The maximum atomic E-state index is 10.7. The molecule has 3 aromatic heterocycles. The predicted molar refractivity (Wildman–Crippen MR) is 158 cm³/mol. The van der Waals surface area contributed by atoms with E-state index in [-0.39, 0.29) is 12.8 Å². The third-order valence-electron chi connectivity index (χ3n) is 6.00. The number of hydrogen-bond acceptors (Lipinski definition) is 7. The SMILES string of the molecule is O=C(O)CCCCCN1C=C(Cl)C=c2s/c(=C\C=C\c3nc4c(cc(Cl)c[n+]4CCCCCC(=O)O)s3)nc21. The van der Waals surface area contributed by atoms with E-state index in [2.05, 4.69) is 0 Å². The number of anilines is 1. The van der Waals surface area contributed by atoms with E-state index < -0.39 is 11.9 Å². The van der Waals surface area contributed by atoms with E-state index in [9.17, 15) is 9.59 Å². The summed E-state index contributed by atoms with van der Waals surface area (Å²) in [4.78, 5) is 33.0. The summed E-state index contributed by atoms with van der Waals surface area (Å²) in [6.07, 6.45) is 16.5. The van der Waals surface area contributed by atoms with Crippen molar-refractivity contribution in [2.75, 3.05) is 11.4 Å². The highest BCUT2D eigenvalue weighted by molar-refractivity contribution is 7.19. The number of fused-ring (bicyclic) bond motifs is 2. The summed E-state index contributed by atoms with van der Waals surface area (Å²) in [5.41, 5.74) is 0.862. The summed E-state index contributed by atoms with van der Waals surface area (Å²) in [5, 5.41) is 19.8. The van der Waals surface area contributed by atoms with Crippen LogP contribution in [-0.4, -0.2) is 38.7 Å². The van der Waals surface area contributed by atoms with Gasteiger partial charge in [-0.15, -0.1) is 11.3 Å². The number of halogens is 2. The molecule has 0 bridgehead atoms. The third-order valence-corrected chi connectivity index (χ3v) is 8.33. The standard InChI is InChI=1S/C27H28Cl2N4O4S2/c28-18-14-20-26(32(16-18)12-5-1-3-10-24(34)35)30-22(38-20)8-7-9-23-31-27-21(39-23)15-19(29)17-33(27)13-6-2-4-11-25(36)37/h7-9,14-17H,1-6,10-13H2,(H-,34,35,36,37)/p+1. The molecule has 0 aromatic carbocycles. The van der Waals surface area contributed by atoms with Crippen LogP contribution in [0.4, 0.5) is 5.82 Å². The van der Waals surface area contributed by atoms with E-state index in [1.807, 2.05) is 52.2 Å². The van der Waals surface area contributed by atoms with Crippen molar-refractivity contribution in [3.8, 4) is 0 Å². The average molecular weight is 609 g/mol. The minimum atomic E-state index is -0.765. The Hall–Kier alpha value is -2.79. The molecule has 0 saturated heterocycles. The Morgan fingerprint density at radius 2 is 1.74 bits per heavy atom. The van der Waals surface area contributed by atoms with Crippen LogP contribution in [0.5, 0.6) is 0 Å². The summed E-state index contributed by atoms with van der Waals surface area (Å²) in [6, 6.07) is 1.91. The molecule has 0 atom stereocenters. The van der Waals surface area contributed by atoms with Crippen molar-refractivity contribution < 1.29 is 24.4 Å². The number of aromatic nitrogens is 3. The van der Waals surface area contributed by atoms with Gasteiger partial charge < -0.3 is 15.1 Å². The first-order chi connectivity index (χ1) is 18.8. The van der Waals surface area contributed by atoms with Crippen LogP contribution in [0, 0.1) is 0 Å². The predicted octanol–water partition coefficient (Wildman–Crippen LogP) is 5.16. The van der Waals surface area contributed by atoms with Gasteiger partial charge in [0, 0.05) is 31.7 Å². The van der Waals surface area contributed by atoms with Gasteiger partial charge in [-0.25, -0.2) is 9.55 Å². The van der Waals surface area contributed by atoms with E-state index in [0.29, 0.717) is 22.9 Å². The minimum absolute atomic E-state index is 0.189. The largest absolute Gasteiger partial charge is 0.481 e. The van der Waals surface area contributed by atoms with Crippen LogP contribution in [0.3, 0.4) is 0 Å². The average Bonchev–Trinajstić information content (AvgIpc) is 3.46. The van der Waals surface area contributed by atoms with Crippen LogP contribution < -0.4 is 18.7 Å². The fourth-order valence-corrected chi connectivity index (χ4v) is 6.66. The van der Waals surface area contributed by atoms with Crippen LogP contribution in [-0.2, 0) is 16.1 Å². The summed E-state index contributed by atoms with van der Waals surface area (Å²) in [7, 11) is 0. The molecule has 1 aliphatic heterocycles. The van der Waals surface area contributed by atoms with Crippen molar-refractivity contribution >= 4 is 92.2 Å². The molecule has 0 amide bonds. The zero-order chi connectivity index (χ0) is 27.8. The van der Waals surface area contributed by atoms with Crippen molar-refractivity contribution in [3.63, 3.8) is 0 Å². The summed E-state index contributed by atoms with van der Waals surface area (Å²) in [6.45, 7) is 1.45. The van der Waals surface area contributed by atoms with Crippen LogP contribution in [0.25, 0.3) is 28.6 Å². The number of hydrogen-bond donors (Lipinski definition) is 2. The number of carbonyl (C=O) groups is 2. The van der Waals surface area contributed by atoms with Crippen molar-refractivity contribution in [2.45, 2.75) is 57.9 Å². The Balaban J connectivity index is 1.43. The number of nitrogens with zero attached hydrogens (tertiary/aromatic N) is 4. The molecule has 0 fully saturated rings. The molecule has 0 saturated carbocycles. The molecule has 0 aliphatic carbocycles. The first-order valence-electron chi connectivity index (χ1n) is 12.7. The van der Waals surface area contributed by atoms with E-state index >= 15 is 0 Å². The molecule has 12 heteroatoms. The molecule has 2 N–H and O–H groups in total. The Morgan fingerprint density at radius 1 is 1.00 bits per heavy atom. The van der Waals surface area contributed by atoms with Crippen molar-refractivity contribution in [1.29, 1.82) is 0 Å². The van der Waals surface area contributed by atoms with Gasteiger partial charge in [0.15, 0.2) is 5.82 Å². The quantitative estimate of drug-likeness (QED) is 0.192. The fourth-order valence-electron chi connectivity index (χ4n) is 4.19. The first-order valence-corrected chi connectivity index (χ1v) is 15.1. The van der Waals surface area contributed by atoms with Crippen LogP contribution >= 0.6 is 45.9 Å². The lowest BCUT2D eigenvalue weighted by atomic mass is 10.2. The lowest BCUT2D eigenvalue weighted by Gasteiger charge is -2.20. The van der Waals surface area contributed by atoms with Crippen molar-refractivity contribution in [2.24, 2.45) is 0 Å². The minimum Gasteiger partial charge on any atom is -0.481 e. The van der Waals surface area contributed by atoms with Crippen molar-refractivity contribution in [1.82, 2.24) is 9.97 Å². The Kier molecular flexibility index (Phi) is 10.5. The van der Waals surface area contributed by atoms with Gasteiger partial charge in [-0.1, -0.05) is 47.0 Å². The zero-order valence-electron chi connectivity index (χ0n) is 21.2. The molecule has 206 valence electrons. The van der Waals surface area contributed by atoms with Gasteiger partial charge >= 0.3 is 17.6 Å². The Bertz CT molecular complexity index is 1530. The molecule has 0 radical (unpaired) electrons. The van der Waals surface area contributed by atoms with Crippen LogP contribution in [0.15, 0.2) is 29.6 Å². The second-order valence-electron chi connectivity index (χ2n) is 9.12. The number of carboxylic acid groups (broad SMARTS) is 2. The molecule has 39 heavy (non-hydrogen) atoms. The highest BCUT2D eigenvalue weighted by Crippen LogP contribution is 2.24. The number of carboxylic acids is 2. The van der Waals surface area contributed by atoms with E-state index in [1.165, 1.54) is 0 Å². The van der Waals surface area contributed by atoms with Crippen LogP contribution in [0.1, 0.15) is 56.4 Å². The third kappa shape index (κ3) is 8.60. The molecule has 3 aromatic rings. The van der Waals surface area contributed by atoms with Gasteiger partial charge in [-0.3, -0.25) is 9.59 Å². The van der Waals surface area contributed by atoms with Crippen molar-refractivity contribution in [3.05, 3.63) is 48.8 Å². The summed E-state index contributed by atoms with van der Waals surface area (Å²) in [5.74, 6) is -0.667. The van der Waals surface area contributed by atoms with Gasteiger partial charge in [0.1, 0.15) is 15.6 Å². The number of unbranched alkanes of at least 4 members (excludes halogenated alkanes) is 4. The first kappa shape index (κ1) is 29.2. The molecule has 1 aliphatic rings. The normalized spacial score (nSPS) is 13.6. The summed E-state index contributed by atoms with van der Waals surface area (Å²) >= 11 is 15.8. The maximum absolute atomic E-state index is 10.7. The molecular formula is C27H29Cl2N4O4S2+. The highest BCUT2D eigenvalue weighted by Gasteiger charge is 2.17. The lowest BCUT2D eigenvalue weighted by Crippen LogP contribution is -2.34. The Labute approximate surface area is 243 Å². The molecule has 0 unspecified atom stereocenters. The van der Waals surface area contributed by atoms with Gasteiger partial charge in [-0.05, 0) is 55.3 Å². The molecule has 4 heterocycles. The number of pyridine rings is 1. The summed E-state index contributed by atoms with van der Waals surface area (Å²) < 4.78 is 4.87. The van der Waals surface area contributed by atoms with Gasteiger partial charge in [0.05, 0.1) is 21.1 Å². The Morgan fingerprint density at radius 3 is 2.49 bits per heavy atom. The number of thiazole rings is 2. The van der Waals surface area contributed by atoms with Gasteiger partial charge in [0.25, 0.3) is 0 Å². The van der Waals surface area contributed by atoms with E-state index in [1.54, 1.807) is 22.7 Å². The molecule has 8 nitrogen and oxygen atoms in total. The number of rotatable bonds is 14. The molecule has 4 rings (SSSR count).